The van der Waals surface area contributed by atoms with Gasteiger partial charge in [0.25, 0.3) is 0 Å². The number of benzene rings is 2. The van der Waals surface area contributed by atoms with E-state index in [4.69, 9.17) is 4.84 Å². The van der Waals surface area contributed by atoms with E-state index in [9.17, 15) is 15.0 Å². The number of hydrogen-bond donors (Lipinski definition) is 2. The molecule has 0 amide bonds. The molecule has 3 heterocycles. The van der Waals surface area contributed by atoms with Gasteiger partial charge in [0.2, 0.25) is 17.4 Å². The largest absolute Gasteiger partial charge is 0.492 e. The Balaban J connectivity index is 1.28. The fourth-order valence-electron chi connectivity index (χ4n) is 6.27. The maximum absolute atomic E-state index is 12.2. The lowest BCUT2D eigenvalue weighted by molar-refractivity contribution is -0.401. The first-order valence-electron chi connectivity index (χ1n) is 14.3. The summed E-state index contributed by atoms with van der Waals surface area (Å²) in [5.41, 5.74) is 7.45. The number of rotatable bonds is 9. The Morgan fingerprint density at radius 3 is 2.24 bits per heavy atom. The van der Waals surface area contributed by atoms with Crippen LogP contribution < -0.4 is 9.74 Å². The molecule has 214 valence electrons. The fourth-order valence-corrected chi connectivity index (χ4v) is 6.27. The molecule has 0 radical (unpaired) electrons. The summed E-state index contributed by atoms with van der Waals surface area (Å²) in [7, 11) is 2.14. The van der Waals surface area contributed by atoms with Crippen LogP contribution in [0.2, 0.25) is 0 Å². The molecule has 41 heavy (non-hydrogen) atoms. The zero-order valence-corrected chi connectivity index (χ0v) is 24.6. The van der Waals surface area contributed by atoms with Crippen LogP contribution in [0.5, 0.6) is 11.8 Å². The molecule has 7 nitrogen and oxygen atoms in total. The lowest BCUT2D eigenvalue weighted by atomic mass is 9.81. The first-order chi connectivity index (χ1) is 19.5. The number of carbonyl (C=O) groups excluding carboxylic acids is 1. The van der Waals surface area contributed by atoms with Crippen molar-refractivity contribution in [3.8, 4) is 11.8 Å². The third-order valence-electron chi connectivity index (χ3n) is 8.50. The van der Waals surface area contributed by atoms with Gasteiger partial charge in [0.15, 0.2) is 5.71 Å². The summed E-state index contributed by atoms with van der Waals surface area (Å²) >= 11 is 0. The van der Waals surface area contributed by atoms with Crippen molar-refractivity contribution in [2.45, 2.75) is 64.2 Å². The SMILES string of the molecule is C[N+]1=C(C=CC=C2N(CCCCCC(=O)On3c(O)ccc3O)c3ccccc3C2(C)C)C(C)(C)c2ccccc21. The van der Waals surface area contributed by atoms with Crippen molar-refractivity contribution in [1.82, 2.24) is 4.73 Å². The van der Waals surface area contributed by atoms with E-state index in [1.54, 1.807) is 0 Å². The zero-order valence-electron chi connectivity index (χ0n) is 24.6. The van der Waals surface area contributed by atoms with Crippen LogP contribution in [0, 0.1) is 0 Å². The summed E-state index contributed by atoms with van der Waals surface area (Å²) in [6.45, 7) is 9.96. The number of carbonyl (C=O) groups is 1. The second kappa shape index (κ2) is 11.0. The molecule has 0 unspecified atom stereocenters. The van der Waals surface area contributed by atoms with E-state index in [2.05, 4.69) is 111 Å². The number of fused-ring (bicyclic) bond motifs is 2. The van der Waals surface area contributed by atoms with Gasteiger partial charge in [-0.25, -0.2) is 4.79 Å². The van der Waals surface area contributed by atoms with Crippen molar-refractivity contribution >= 4 is 23.1 Å². The molecular weight excluding hydrogens is 514 g/mol. The Morgan fingerprint density at radius 1 is 0.878 bits per heavy atom. The Bertz CT molecular complexity index is 1540. The molecule has 0 fully saturated rings. The second-order valence-corrected chi connectivity index (χ2v) is 11.9. The number of aromatic nitrogens is 1. The second-order valence-electron chi connectivity index (χ2n) is 11.9. The van der Waals surface area contributed by atoms with Crippen molar-refractivity contribution in [2.24, 2.45) is 0 Å². The highest BCUT2D eigenvalue weighted by Crippen LogP contribution is 2.47. The molecule has 2 aliphatic rings. The van der Waals surface area contributed by atoms with E-state index >= 15 is 0 Å². The Morgan fingerprint density at radius 2 is 1.54 bits per heavy atom. The molecule has 0 saturated carbocycles. The van der Waals surface area contributed by atoms with E-state index in [0.29, 0.717) is 6.42 Å². The number of hydrogen-bond acceptors (Lipinski definition) is 5. The molecule has 3 aromatic rings. The summed E-state index contributed by atoms with van der Waals surface area (Å²) in [6, 6.07) is 19.7. The summed E-state index contributed by atoms with van der Waals surface area (Å²) in [5, 5.41) is 19.3. The maximum Gasteiger partial charge on any atom is 0.333 e. The van der Waals surface area contributed by atoms with Crippen molar-refractivity contribution in [1.29, 1.82) is 0 Å². The highest BCUT2D eigenvalue weighted by atomic mass is 16.7. The van der Waals surface area contributed by atoms with E-state index in [0.717, 1.165) is 24.1 Å². The Labute approximate surface area is 242 Å². The zero-order chi connectivity index (χ0) is 29.4. The van der Waals surface area contributed by atoms with Crippen molar-refractivity contribution in [3.63, 3.8) is 0 Å². The third-order valence-corrected chi connectivity index (χ3v) is 8.50. The average Bonchev–Trinajstić information content (AvgIpc) is 3.45. The lowest BCUT2D eigenvalue weighted by Crippen LogP contribution is -2.27. The molecular formula is C34H40N3O4+. The normalized spacial score (nSPS) is 17.9. The first kappa shape index (κ1) is 28.3. The standard InChI is InChI=1S/C34H39N3O4/c1-33(2)24-14-8-10-16-26(24)35(5)28(33)18-13-19-29-34(3,4)25-15-9-11-17-27(25)36(29)23-12-6-7-20-32(40)41-37-30(38)21-22-31(37)39/h8-11,13-19,21-22H,6-7,12,20,23H2,1-5H3,(H-,38,39)/p+1. The van der Waals surface area contributed by atoms with Gasteiger partial charge in [-0.15, -0.1) is 4.73 Å². The highest BCUT2D eigenvalue weighted by Gasteiger charge is 2.43. The monoisotopic (exact) mass is 554 g/mol. The van der Waals surface area contributed by atoms with Crippen molar-refractivity contribution in [3.05, 3.63) is 95.7 Å². The molecule has 2 aliphatic heterocycles. The van der Waals surface area contributed by atoms with Crippen LogP contribution in [0.3, 0.4) is 0 Å². The number of aromatic hydroxyl groups is 2. The minimum atomic E-state index is -0.496. The molecule has 2 N–H and O–H groups in total. The van der Waals surface area contributed by atoms with Crippen LogP contribution in [0.25, 0.3) is 0 Å². The number of allylic oxidation sites excluding steroid dienone is 4. The fraction of sp³-hybridized carbons (Fsp3) is 0.353. The quantitative estimate of drug-likeness (QED) is 0.238. The molecule has 5 rings (SSSR count). The molecule has 0 atom stereocenters. The van der Waals surface area contributed by atoms with Gasteiger partial charge >= 0.3 is 5.97 Å². The molecule has 0 spiro atoms. The van der Waals surface area contributed by atoms with Gasteiger partial charge in [-0.3, -0.25) is 0 Å². The molecule has 0 bridgehead atoms. The van der Waals surface area contributed by atoms with Gasteiger partial charge in [0.05, 0.1) is 5.41 Å². The van der Waals surface area contributed by atoms with Crippen LogP contribution in [-0.4, -0.2) is 44.8 Å². The minimum absolute atomic E-state index is 0.0752. The topological polar surface area (TPSA) is 77.9 Å². The predicted octanol–water partition coefficient (Wildman–Crippen LogP) is 6.36. The summed E-state index contributed by atoms with van der Waals surface area (Å²) in [6.07, 6.45) is 9.30. The smallest absolute Gasteiger partial charge is 0.333 e. The Kier molecular flexibility index (Phi) is 7.56. The Hall–Kier alpha value is -4.26. The maximum atomic E-state index is 12.2. The summed E-state index contributed by atoms with van der Waals surface area (Å²) in [5.74, 6) is -1.12. The molecule has 0 saturated heterocycles. The van der Waals surface area contributed by atoms with Crippen molar-refractivity contribution in [2.75, 3.05) is 18.5 Å². The molecule has 0 aliphatic carbocycles. The minimum Gasteiger partial charge on any atom is -0.492 e. The highest BCUT2D eigenvalue weighted by molar-refractivity contribution is 6.03. The van der Waals surface area contributed by atoms with Crippen molar-refractivity contribution < 1.29 is 24.4 Å². The third kappa shape index (κ3) is 5.17. The van der Waals surface area contributed by atoms with Gasteiger partial charge in [-0.05, 0) is 44.4 Å². The predicted molar refractivity (Wildman–Crippen MR) is 162 cm³/mol. The van der Waals surface area contributed by atoms with Gasteiger partial charge in [0.1, 0.15) is 7.05 Å². The van der Waals surface area contributed by atoms with Gasteiger partial charge in [-0.1, -0.05) is 62.7 Å². The molecule has 7 heteroatoms. The average molecular weight is 555 g/mol. The van der Waals surface area contributed by atoms with Crippen LogP contribution in [0.15, 0.2) is 84.6 Å². The summed E-state index contributed by atoms with van der Waals surface area (Å²) in [4.78, 5) is 19.7. The first-order valence-corrected chi connectivity index (χ1v) is 14.3. The number of nitrogens with zero attached hydrogens (tertiary/aromatic N) is 3. The van der Waals surface area contributed by atoms with Crippen LogP contribution in [-0.2, 0) is 15.6 Å². The molecule has 1 aromatic heterocycles. The van der Waals surface area contributed by atoms with E-state index < -0.39 is 5.97 Å². The van der Waals surface area contributed by atoms with Gasteiger partial charge in [0, 0.05) is 59.6 Å². The van der Waals surface area contributed by atoms with E-state index in [1.807, 2.05) is 0 Å². The summed E-state index contributed by atoms with van der Waals surface area (Å²) < 4.78 is 3.03. The molecule has 2 aromatic carbocycles. The van der Waals surface area contributed by atoms with E-state index in [1.165, 1.54) is 46.0 Å². The number of unbranched alkanes of at least 4 members (excludes halogenated alkanes) is 2. The lowest BCUT2D eigenvalue weighted by Gasteiger charge is -2.27. The van der Waals surface area contributed by atoms with Gasteiger partial charge in [-0.2, -0.15) is 4.58 Å². The van der Waals surface area contributed by atoms with E-state index in [-0.39, 0.29) is 29.0 Å². The van der Waals surface area contributed by atoms with Gasteiger partial charge < -0.3 is 20.0 Å². The van der Waals surface area contributed by atoms with Crippen LogP contribution in [0.4, 0.5) is 11.4 Å². The van der Waals surface area contributed by atoms with Crippen LogP contribution in [0.1, 0.15) is 64.5 Å². The number of para-hydroxylation sites is 2. The van der Waals surface area contributed by atoms with Crippen LogP contribution >= 0.6 is 0 Å². The number of anilines is 1.